The van der Waals surface area contributed by atoms with Crippen molar-refractivity contribution in [2.45, 2.75) is 32.9 Å². The van der Waals surface area contributed by atoms with E-state index in [0.717, 1.165) is 32.1 Å². The highest BCUT2D eigenvalue weighted by Crippen LogP contribution is 2.21. The Labute approximate surface area is 182 Å². The minimum atomic E-state index is 0.218. The molecule has 30 heavy (non-hydrogen) atoms. The van der Waals surface area contributed by atoms with E-state index in [4.69, 9.17) is 4.99 Å². The summed E-state index contributed by atoms with van der Waals surface area (Å²) in [6.45, 7) is 10.8. The molecule has 0 aliphatic rings. The number of rotatable bonds is 11. The lowest BCUT2D eigenvalue weighted by Crippen LogP contribution is -2.42. The molecule has 0 saturated heterocycles. The van der Waals surface area contributed by atoms with Gasteiger partial charge in [-0.3, -0.25) is 14.6 Å². The summed E-state index contributed by atoms with van der Waals surface area (Å²) in [5.74, 6) is 0.848. The number of guanidine groups is 1. The first kappa shape index (κ1) is 23.9. The lowest BCUT2D eigenvalue weighted by atomic mass is 10.1. The summed E-state index contributed by atoms with van der Waals surface area (Å²) in [5.41, 5.74) is 2.50. The summed E-state index contributed by atoms with van der Waals surface area (Å²) in [7, 11) is 6.14. The molecule has 2 rings (SSSR count). The average Bonchev–Trinajstić information content (AvgIpc) is 3.17. The Hall–Kier alpha value is -2.38. The molecule has 1 aromatic heterocycles. The molecule has 0 bridgehead atoms. The van der Waals surface area contributed by atoms with E-state index in [1.807, 2.05) is 17.9 Å². The molecule has 2 N–H and O–H groups in total. The Morgan fingerprint density at radius 1 is 1.03 bits per heavy atom. The third kappa shape index (κ3) is 6.85. The lowest BCUT2D eigenvalue weighted by molar-refractivity contribution is 0.224. The predicted octanol–water partition coefficient (Wildman–Crippen LogP) is 2.66. The zero-order chi connectivity index (χ0) is 21.9. The Morgan fingerprint density at radius 2 is 1.73 bits per heavy atom. The molecule has 1 heterocycles. The first-order chi connectivity index (χ1) is 14.5. The molecule has 166 valence electrons. The van der Waals surface area contributed by atoms with Crippen molar-refractivity contribution in [3.63, 3.8) is 0 Å². The van der Waals surface area contributed by atoms with E-state index in [2.05, 4.69) is 96.9 Å². The van der Waals surface area contributed by atoms with Crippen molar-refractivity contribution in [2.75, 3.05) is 46.8 Å². The zero-order valence-electron chi connectivity index (χ0n) is 19.5. The van der Waals surface area contributed by atoms with Crippen LogP contribution in [0.25, 0.3) is 0 Å². The molecule has 7 nitrogen and oxygen atoms in total. The maximum Gasteiger partial charge on any atom is 0.191 e. The van der Waals surface area contributed by atoms with Crippen molar-refractivity contribution in [3.8, 4) is 0 Å². The molecule has 2 atom stereocenters. The number of likely N-dealkylation sites (N-methyl/N-ethyl adjacent to an activating group) is 2. The van der Waals surface area contributed by atoms with Crippen LogP contribution in [0.4, 0.5) is 0 Å². The highest BCUT2D eigenvalue weighted by atomic mass is 15.3. The molecule has 0 aliphatic heterocycles. The minimum absolute atomic E-state index is 0.218. The van der Waals surface area contributed by atoms with Crippen LogP contribution in [-0.4, -0.2) is 72.4 Å². The third-order valence-electron chi connectivity index (χ3n) is 5.40. The molecule has 0 spiro atoms. The fourth-order valence-corrected chi connectivity index (χ4v) is 3.69. The summed E-state index contributed by atoms with van der Waals surface area (Å²) in [6, 6.07) is 11.2. The van der Waals surface area contributed by atoms with Crippen LogP contribution < -0.4 is 10.6 Å². The summed E-state index contributed by atoms with van der Waals surface area (Å²) in [4.78, 5) is 9.61. The van der Waals surface area contributed by atoms with Gasteiger partial charge in [-0.2, -0.15) is 5.10 Å². The highest BCUT2D eigenvalue weighted by Gasteiger charge is 2.19. The monoisotopic (exact) mass is 413 g/mol. The van der Waals surface area contributed by atoms with Crippen molar-refractivity contribution in [3.05, 3.63) is 53.9 Å². The molecule has 0 amide bonds. The van der Waals surface area contributed by atoms with E-state index < -0.39 is 0 Å². The van der Waals surface area contributed by atoms with Crippen molar-refractivity contribution in [1.82, 2.24) is 30.2 Å². The van der Waals surface area contributed by atoms with E-state index in [1.54, 1.807) is 0 Å². The molecule has 0 fully saturated rings. The van der Waals surface area contributed by atoms with Gasteiger partial charge in [0.15, 0.2) is 5.96 Å². The minimum Gasteiger partial charge on any atom is -0.357 e. The van der Waals surface area contributed by atoms with Gasteiger partial charge in [-0.05, 0) is 39.7 Å². The van der Waals surface area contributed by atoms with Crippen LogP contribution in [0.3, 0.4) is 0 Å². The van der Waals surface area contributed by atoms with Crippen molar-refractivity contribution in [2.24, 2.45) is 12.0 Å². The third-order valence-corrected chi connectivity index (χ3v) is 5.40. The summed E-state index contributed by atoms with van der Waals surface area (Å²) < 4.78 is 1.85. The number of hydrogen-bond donors (Lipinski definition) is 2. The van der Waals surface area contributed by atoms with Crippen LogP contribution in [0.2, 0.25) is 0 Å². The topological polar surface area (TPSA) is 60.7 Å². The van der Waals surface area contributed by atoms with Crippen LogP contribution in [-0.2, 0) is 7.05 Å². The van der Waals surface area contributed by atoms with Gasteiger partial charge in [0.1, 0.15) is 0 Å². The van der Waals surface area contributed by atoms with Crippen molar-refractivity contribution >= 4 is 5.96 Å². The fourth-order valence-electron chi connectivity index (χ4n) is 3.69. The molecule has 7 heteroatoms. The summed E-state index contributed by atoms with van der Waals surface area (Å²) in [6.07, 6.45) is 4.00. The molecule has 2 aromatic rings. The SMILES string of the molecule is CCNC(=NCC(c1ccccc1)N(CC)CC)NCC(c1cnn(C)c1)N(C)C. The van der Waals surface area contributed by atoms with Gasteiger partial charge in [-0.25, -0.2) is 0 Å². The number of benzene rings is 1. The van der Waals surface area contributed by atoms with Crippen LogP contribution in [0.5, 0.6) is 0 Å². The smallest absolute Gasteiger partial charge is 0.191 e. The number of nitrogens with zero attached hydrogens (tertiary/aromatic N) is 5. The maximum atomic E-state index is 4.95. The largest absolute Gasteiger partial charge is 0.357 e. The summed E-state index contributed by atoms with van der Waals surface area (Å²) in [5, 5.41) is 11.3. The van der Waals surface area contributed by atoms with E-state index >= 15 is 0 Å². The average molecular weight is 414 g/mol. The van der Waals surface area contributed by atoms with Crippen LogP contribution in [0.15, 0.2) is 47.7 Å². The van der Waals surface area contributed by atoms with Gasteiger partial charge in [-0.1, -0.05) is 44.2 Å². The standard InChI is InChI=1S/C23H39N7/c1-7-24-23(25-16-21(28(4)5)20-15-27-29(6)18-20)26-17-22(30(8-2)9-3)19-13-11-10-12-14-19/h10-15,18,21-22H,7-9,16-17H2,1-6H3,(H2,24,25,26). The van der Waals surface area contributed by atoms with Gasteiger partial charge < -0.3 is 15.5 Å². The molecular weight excluding hydrogens is 374 g/mol. The van der Waals surface area contributed by atoms with Gasteiger partial charge in [0.25, 0.3) is 0 Å². The molecule has 2 unspecified atom stereocenters. The second-order valence-electron chi connectivity index (χ2n) is 7.67. The molecule has 0 saturated carbocycles. The number of hydrogen-bond acceptors (Lipinski definition) is 4. The van der Waals surface area contributed by atoms with Gasteiger partial charge in [-0.15, -0.1) is 0 Å². The number of aromatic nitrogens is 2. The van der Waals surface area contributed by atoms with Gasteiger partial charge in [0.2, 0.25) is 0 Å². The fraction of sp³-hybridized carbons (Fsp3) is 0.565. The van der Waals surface area contributed by atoms with Crippen LogP contribution in [0.1, 0.15) is 44.0 Å². The van der Waals surface area contributed by atoms with Gasteiger partial charge in [0.05, 0.1) is 24.8 Å². The number of aliphatic imine (C=N–C) groups is 1. The second kappa shape index (κ2) is 12.3. The normalized spacial score (nSPS) is 14.2. The molecular formula is C23H39N7. The van der Waals surface area contributed by atoms with Crippen molar-refractivity contribution < 1.29 is 0 Å². The Kier molecular flexibility index (Phi) is 9.83. The van der Waals surface area contributed by atoms with E-state index in [-0.39, 0.29) is 12.1 Å². The van der Waals surface area contributed by atoms with Crippen LogP contribution >= 0.6 is 0 Å². The first-order valence-corrected chi connectivity index (χ1v) is 11.0. The lowest BCUT2D eigenvalue weighted by Gasteiger charge is -2.29. The van der Waals surface area contributed by atoms with Gasteiger partial charge in [0, 0.05) is 31.9 Å². The number of nitrogens with one attached hydrogen (secondary N) is 2. The van der Waals surface area contributed by atoms with Crippen LogP contribution in [0, 0.1) is 0 Å². The van der Waals surface area contributed by atoms with E-state index in [9.17, 15) is 0 Å². The molecule has 0 aliphatic carbocycles. The van der Waals surface area contributed by atoms with E-state index in [1.165, 1.54) is 11.1 Å². The predicted molar refractivity (Wildman–Crippen MR) is 126 cm³/mol. The molecule has 1 aromatic carbocycles. The van der Waals surface area contributed by atoms with Gasteiger partial charge >= 0.3 is 0 Å². The first-order valence-electron chi connectivity index (χ1n) is 11.0. The maximum absolute atomic E-state index is 4.95. The summed E-state index contributed by atoms with van der Waals surface area (Å²) >= 11 is 0. The Bertz CT molecular complexity index is 750. The quantitative estimate of drug-likeness (QED) is 0.438. The number of aryl methyl sites for hydroxylation is 1. The zero-order valence-corrected chi connectivity index (χ0v) is 19.5. The Morgan fingerprint density at radius 3 is 2.27 bits per heavy atom. The van der Waals surface area contributed by atoms with E-state index in [0.29, 0.717) is 6.54 Å². The highest BCUT2D eigenvalue weighted by molar-refractivity contribution is 5.79. The van der Waals surface area contributed by atoms with Crippen molar-refractivity contribution in [1.29, 1.82) is 0 Å². The molecule has 0 radical (unpaired) electrons. The Balaban J connectivity index is 2.14. The second-order valence-corrected chi connectivity index (χ2v) is 7.67.